The van der Waals surface area contributed by atoms with E-state index < -0.39 is 0 Å². The van der Waals surface area contributed by atoms with E-state index in [4.69, 9.17) is 8.23 Å². The van der Waals surface area contributed by atoms with Crippen LogP contribution in [0.1, 0.15) is 0 Å². The second-order valence-corrected chi connectivity index (χ2v) is 6.93. The Bertz CT molecular complexity index is 21.8. The van der Waals surface area contributed by atoms with Crippen LogP contribution in [0.2, 0.25) is 13.1 Å². The van der Waals surface area contributed by atoms with Gasteiger partial charge in [0.25, 0.3) is 0 Å². The van der Waals surface area contributed by atoms with Crippen LogP contribution < -0.4 is 0 Å². The second kappa shape index (κ2) is 23.3. The van der Waals surface area contributed by atoms with Gasteiger partial charge in [0.2, 0.25) is 0 Å². The minimum Gasteiger partial charge on any atom is -0.468 e. The van der Waals surface area contributed by atoms with Gasteiger partial charge in [-0.25, -0.2) is 0 Å². The molecule has 0 aliphatic rings. The topological polar surface area (TPSA) is 50.0 Å². The highest BCUT2D eigenvalue weighted by Crippen LogP contribution is 1.46. The van der Waals surface area contributed by atoms with Crippen molar-refractivity contribution in [3.8, 4) is 0 Å². The fourth-order valence-corrected chi connectivity index (χ4v) is 0. The SMILES string of the molecule is C[SiH2]O[SiH3].C[SiH2]O[SiH3].O. The third-order valence-electron chi connectivity index (χ3n) is 0.577. The molecule has 0 spiro atoms. The Hall–Kier alpha value is 0.748. The summed E-state index contributed by atoms with van der Waals surface area (Å²) in [5.74, 6) is 0. The van der Waals surface area contributed by atoms with E-state index in [1.165, 1.54) is 0 Å². The van der Waals surface area contributed by atoms with Gasteiger partial charge in [-0.3, -0.25) is 0 Å². The average molecular weight is 203 g/mol. The zero-order chi connectivity index (χ0) is 6.83. The lowest BCUT2D eigenvalue weighted by atomic mass is 11.9. The molecule has 0 aromatic heterocycles. The highest BCUT2D eigenvalue weighted by atomic mass is 28.3. The number of hydrogen-bond donors (Lipinski definition) is 0. The Morgan fingerprint density at radius 3 is 1.11 bits per heavy atom. The largest absolute Gasteiger partial charge is 0.468 e. The van der Waals surface area contributed by atoms with Crippen LogP contribution in [-0.2, 0) is 8.23 Å². The van der Waals surface area contributed by atoms with Crippen LogP contribution in [0.5, 0.6) is 0 Å². The summed E-state index contributed by atoms with van der Waals surface area (Å²) < 4.78 is 9.64. The Morgan fingerprint density at radius 1 is 1.00 bits per heavy atom. The Balaban J connectivity index is -0.0000000720. The molecular formula is C2H18O3Si4. The van der Waals surface area contributed by atoms with Gasteiger partial charge in [0.1, 0.15) is 40.5 Å². The minimum atomic E-state index is -0.0139. The third kappa shape index (κ3) is 52.8. The third-order valence-corrected chi connectivity index (χ3v) is 5.20. The molecule has 0 aliphatic heterocycles. The molecule has 0 aromatic carbocycles. The summed E-state index contributed by atoms with van der Waals surface area (Å²) in [4.78, 5) is 0. The molecule has 0 radical (unpaired) electrons. The average Bonchev–Trinajstić information content (AvgIpc) is 1.88. The predicted molar refractivity (Wildman–Crippen MR) is 54.5 cm³/mol. The van der Waals surface area contributed by atoms with Crippen molar-refractivity contribution in [1.82, 2.24) is 0 Å². The van der Waals surface area contributed by atoms with E-state index >= 15 is 0 Å². The van der Waals surface area contributed by atoms with Crippen LogP contribution in [0, 0.1) is 0 Å². The Morgan fingerprint density at radius 2 is 1.11 bits per heavy atom. The van der Waals surface area contributed by atoms with Crippen molar-refractivity contribution in [2.24, 2.45) is 0 Å². The normalized spacial score (nSPS) is 10.0. The van der Waals surface area contributed by atoms with Crippen molar-refractivity contribution in [3.63, 3.8) is 0 Å². The van der Waals surface area contributed by atoms with E-state index in [0.29, 0.717) is 0 Å². The zero-order valence-electron chi connectivity index (χ0n) is 6.73. The summed E-state index contributed by atoms with van der Waals surface area (Å²) in [6, 6.07) is 0. The quantitative estimate of drug-likeness (QED) is 0.429. The van der Waals surface area contributed by atoms with E-state index in [9.17, 15) is 0 Å². The molecular weight excluding hydrogens is 184 g/mol. The summed E-state index contributed by atoms with van der Waals surface area (Å²) in [6.07, 6.45) is 0. The molecule has 0 saturated carbocycles. The summed E-state index contributed by atoms with van der Waals surface area (Å²) in [5, 5.41) is 0. The molecule has 0 rings (SSSR count). The van der Waals surface area contributed by atoms with Gasteiger partial charge in [-0.05, 0) is 0 Å². The van der Waals surface area contributed by atoms with Crippen LogP contribution >= 0.6 is 0 Å². The van der Waals surface area contributed by atoms with Crippen LogP contribution in [0.25, 0.3) is 0 Å². The van der Waals surface area contributed by atoms with Crippen LogP contribution in [-0.4, -0.2) is 46.0 Å². The van der Waals surface area contributed by atoms with Gasteiger partial charge >= 0.3 is 0 Å². The minimum absolute atomic E-state index is 0. The van der Waals surface area contributed by atoms with Crippen molar-refractivity contribution >= 4 is 40.5 Å². The molecule has 0 fully saturated rings. The first-order valence-corrected chi connectivity index (χ1v) is 8.42. The lowest BCUT2D eigenvalue weighted by Gasteiger charge is -1.76. The van der Waals surface area contributed by atoms with Crippen molar-refractivity contribution in [2.45, 2.75) is 13.1 Å². The molecule has 7 heteroatoms. The van der Waals surface area contributed by atoms with E-state index in [2.05, 4.69) is 13.1 Å². The molecule has 3 nitrogen and oxygen atoms in total. The monoisotopic (exact) mass is 202 g/mol. The molecule has 0 amide bonds. The lowest BCUT2D eigenvalue weighted by Crippen LogP contribution is -1.82. The molecule has 0 aliphatic carbocycles. The fourth-order valence-electron chi connectivity index (χ4n) is 0. The first kappa shape index (κ1) is 16.4. The molecule has 2 N–H and O–H groups in total. The number of hydrogen-bond acceptors (Lipinski definition) is 2. The van der Waals surface area contributed by atoms with Crippen LogP contribution in [0.3, 0.4) is 0 Å². The number of rotatable bonds is 2. The summed E-state index contributed by atoms with van der Waals surface area (Å²) in [7, 11) is 1.88. The van der Waals surface area contributed by atoms with Crippen molar-refractivity contribution < 1.29 is 13.7 Å². The van der Waals surface area contributed by atoms with Crippen LogP contribution in [0.4, 0.5) is 0 Å². The van der Waals surface area contributed by atoms with Gasteiger partial charge < -0.3 is 13.7 Å². The lowest BCUT2D eigenvalue weighted by molar-refractivity contribution is 0.670. The van der Waals surface area contributed by atoms with Gasteiger partial charge in [-0.1, -0.05) is 13.1 Å². The maximum Gasteiger partial charge on any atom is 0.142 e. The zero-order valence-corrected chi connectivity index (χ0v) is 13.6. The van der Waals surface area contributed by atoms with Crippen LogP contribution in [0.15, 0.2) is 0 Å². The van der Waals surface area contributed by atoms with Crippen molar-refractivity contribution in [2.75, 3.05) is 0 Å². The smallest absolute Gasteiger partial charge is 0.142 e. The maximum atomic E-state index is 4.82. The molecule has 0 atom stereocenters. The fraction of sp³-hybridized carbons (Fsp3) is 1.00. The van der Waals surface area contributed by atoms with Crippen molar-refractivity contribution in [1.29, 1.82) is 0 Å². The van der Waals surface area contributed by atoms with Gasteiger partial charge in [-0.2, -0.15) is 0 Å². The highest BCUT2D eigenvalue weighted by molar-refractivity contribution is 6.32. The van der Waals surface area contributed by atoms with Crippen molar-refractivity contribution in [3.05, 3.63) is 0 Å². The molecule has 0 bridgehead atoms. The summed E-state index contributed by atoms with van der Waals surface area (Å²) >= 11 is 0. The molecule has 0 heterocycles. The van der Waals surface area contributed by atoms with E-state index in [0.717, 1.165) is 21.0 Å². The van der Waals surface area contributed by atoms with Gasteiger partial charge in [0.05, 0.1) is 0 Å². The standard InChI is InChI=1S/2CH8OSi2.H2O/c2*1-4-2-3;/h2*4H2,1,3H3;1H2. The van der Waals surface area contributed by atoms with E-state index in [1.807, 2.05) is 0 Å². The van der Waals surface area contributed by atoms with E-state index in [-0.39, 0.29) is 25.0 Å². The summed E-state index contributed by atoms with van der Waals surface area (Å²) in [6.45, 7) is 4.26. The molecule has 60 valence electrons. The van der Waals surface area contributed by atoms with Gasteiger partial charge in [0.15, 0.2) is 0 Å². The Kier molecular flexibility index (Phi) is 42.4. The maximum absolute atomic E-state index is 4.82. The van der Waals surface area contributed by atoms with E-state index in [1.54, 1.807) is 0 Å². The molecule has 9 heavy (non-hydrogen) atoms. The molecule has 0 saturated heterocycles. The molecule has 0 unspecified atom stereocenters. The second-order valence-electron chi connectivity index (χ2n) is 1.15. The predicted octanol–water partition coefficient (Wildman–Crippen LogP) is -3.99. The van der Waals surface area contributed by atoms with Gasteiger partial charge in [0, 0.05) is 0 Å². The molecule has 0 aromatic rings. The summed E-state index contributed by atoms with van der Waals surface area (Å²) in [5.41, 5.74) is 0. The Labute approximate surface area is 67.8 Å². The van der Waals surface area contributed by atoms with Gasteiger partial charge in [-0.15, -0.1) is 0 Å². The highest BCUT2D eigenvalue weighted by Gasteiger charge is 1.54. The first-order chi connectivity index (χ1) is 3.83. The first-order valence-electron chi connectivity index (χ1n) is 2.81.